The molecule has 3 rings (SSSR count). The van der Waals surface area contributed by atoms with Crippen molar-refractivity contribution < 1.29 is 0 Å². The predicted molar refractivity (Wildman–Crippen MR) is 84.5 cm³/mol. The Morgan fingerprint density at radius 1 is 0.750 bits per heavy atom. The smallest absolute Gasteiger partial charge is 0.0671 e. The molecule has 0 aromatic heterocycles. The molecule has 0 unspecified atom stereocenters. The van der Waals surface area contributed by atoms with Gasteiger partial charge >= 0.3 is 0 Å². The number of allylic oxidation sites excluding steroid dienone is 2. The highest BCUT2D eigenvalue weighted by Gasteiger charge is 2.08. The average Bonchev–Trinajstić information content (AvgIpc) is 2.71. The van der Waals surface area contributed by atoms with E-state index in [0.29, 0.717) is 6.54 Å². The van der Waals surface area contributed by atoms with Crippen LogP contribution >= 0.6 is 0 Å². The Hall–Kier alpha value is -2.61. The molecular weight excluding hydrogens is 244 g/mol. The predicted octanol–water partition coefficient (Wildman–Crippen LogP) is 3.42. The second-order valence-electron chi connectivity index (χ2n) is 4.75. The summed E-state index contributed by atoms with van der Waals surface area (Å²) in [7, 11) is 0. The van der Waals surface area contributed by atoms with Crippen LogP contribution in [0.2, 0.25) is 0 Å². The number of hydrogen-bond acceptors (Lipinski definition) is 2. The highest BCUT2D eigenvalue weighted by molar-refractivity contribution is 6.10. The van der Waals surface area contributed by atoms with Crippen LogP contribution in [-0.2, 0) is 0 Å². The van der Waals surface area contributed by atoms with E-state index in [0.717, 1.165) is 22.5 Å². The van der Waals surface area contributed by atoms with Crippen LogP contribution in [0.15, 0.2) is 83.5 Å². The molecule has 0 atom stereocenters. The average molecular weight is 260 g/mol. The van der Waals surface area contributed by atoms with Crippen molar-refractivity contribution in [1.29, 1.82) is 0 Å². The molecule has 2 nitrogen and oxygen atoms in total. The summed E-state index contributed by atoms with van der Waals surface area (Å²) in [6.07, 6.45) is 3.94. The van der Waals surface area contributed by atoms with Crippen LogP contribution < -0.4 is 5.73 Å². The minimum Gasteiger partial charge on any atom is -0.399 e. The van der Waals surface area contributed by atoms with Gasteiger partial charge in [0.05, 0.1) is 12.3 Å². The first-order valence-electron chi connectivity index (χ1n) is 6.66. The molecule has 2 N–H and O–H groups in total. The van der Waals surface area contributed by atoms with Crippen LogP contribution in [-0.4, -0.2) is 12.3 Å². The summed E-state index contributed by atoms with van der Waals surface area (Å²) in [4.78, 5) is 4.69. The van der Waals surface area contributed by atoms with Crippen LogP contribution in [0.25, 0.3) is 5.57 Å². The van der Waals surface area contributed by atoms with Crippen LogP contribution in [0.3, 0.4) is 0 Å². The molecule has 0 radical (unpaired) electrons. The van der Waals surface area contributed by atoms with E-state index in [-0.39, 0.29) is 0 Å². The normalized spacial score (nSPS) is 14.9. The van der Waals surface area contributed by atoms with Gasteiger partial charge in [-0.25, -0.2) is 0 Å². The van der Waals surface area contributed by atoms with Gasteiger partial charge in [-0.15, -0.1) is 0 Å². The van der Waals surface area contributed by atoms with E-state index in [4.69, 9.17) is 10.7 Å². The Morgan fingerprint density at radius 3 is 2.00 bits per heavy atom. The van der Waals surface area contributed by atoms with E-state index in [2.05, 4.69) is 24.3 Å². The van der Waals surface area contributed by atoms with Gasteiger partial charge in [-0.05, 0) is 28.9 Å². The number of nitrogens with two attached hydrogens (primary N) is 1. The van der Waals surface area contributed by atoms with Gasteiger partial charge < -0.3 is 5.73 Å². The van der Waals surface area contributed by atoms with Gasteiger partial charge in [0.15, 0.2) is 0 Å². The lowest BCUT2D eigenvalue weighted by Crippen LogP contribution is -2.01. The molecule has 0 bridgehead atoms. The highest BCUT2D eigenvalue weighted by Crippen LogP contribution is 2.19. The number of rotatable bonds is 2. The van der Waals surface area contributed by atoms with E-state index in [9.17, 15) is 0 Å². The lowest BCUT2D eigenvalue weighted by Gasteiger charge is -2.04. The minimum atomic E-state index is 0.644. The Bertz CT molecular complexity index is 680. The van der Waals surface area contributed by atoms with Gasteiger partial charge in [0.25, 0.3) is 0 Å². The molecule has 0 saturated heterocycles. The quantitative estimate of drug-likeness (QED) is 0.882. The number of benzene rings is 2. The monoisotopic (exact) mass is 260 g/mol. The molecule has 0 aliphatic carbocycles. The summed E-state index contributed by atoms with van der Waals surface area (Å²) in [5.74, 6) is 0. The van der Waals surface area contributed by atoms with Crippen LogP contribution in [0.1, 0.15) is 11.1 Å². The molecule has 98 valence electrons. The Morgan fingerprint density at radius 2 is 1.35 bits per heavy atom. The molecule has 2 aromatic carbocycles. The number of nitrogens with zero attached hydrogens (tertiary/aromatic N) is 1. The lowest BCUT2D eigenvalue weighted by atomic mass is 10.1. The van der Waals surface area contributed by atoms with Gasteiger partial charge in [0.2, 0.25) is 0 Å². The summed E-state index contributed by atoms with van der Waals surface area (Å²) < 4.78 is 0. The fraction of sp³-hybridized carbons (Fsp3) is 0.0556. The van der Waals surface area contributed by atoms with E-state index in [1.165, 1.54) is 5.56 Å². The second-order valence-corrected chi connectivity index (χ2v) is 4.75. The Balaban J connectivity index is 1.95. The molecule has 1 aliphatic rings. The summed E-state index contributed by atoms with van der Waals surface area (Å²) in [6.45, 7) is 0.644. The van der Waals surface area contributed by atoms with E-state index in [1.54, 1.807) is 0 Å². The van der Waals surface area contributed by atoms with E-state index >= 15 is 0 Å². The topological polar surface area (TPSA) is 38.4 Å². The van der Waals surface area contributed by atoms with Gasteiger partial charge in [0, 0.05) is 5.70 Å². The maximum absolute atomic E-state index is 6.09. The van der Waals surface area contributed by atoms with Crippen molar-refractivity contribution >= 4 is 11.3 Å². The van der Waals surface area contributed by atoms with Gasteiger partial charge in [-0.2, -0.15) is 0 Å². The molecule has 2 aromatic rings. The highest BCUT2D eigenvalue weighted by atomic mass is 14.7. The molecular formula is C18H16N2. The largest absolute Gasteiger partial charge is 0.399 e. The summed E-state index contributed by atoms with van der Waals surface area (Å²) >= 11 is 0. The molecule has 1 aliphatic heterocycles. The van der Waals surface area contributed by atoms with Crippen LogP contribution in [0.5, 0.6) is 0 Å². The maximum Gasteiger partial charge on any atom is 0.0671 e. The Labute approximate surface area is 119 Å². The molecule has 2 heteroatoms. The van der Waals surface area contributed by atoms with Crippen molar-refractivity contribution in [2.24, 2.45) is 10.7 Å². The zero-order valence-electron chi connectivity index (χ0n) is 11.2. The van der Waals surface area contributed by atoms with Gasteiger partial charge in [-0.3, -0.25) is 4.99 Å². The first-order valence-corrected chi connectivity index (χ1v) is 6.66. The van der Waals surface area contributed by atoms with Gasteiger partial charge in [0.1, 0.15) is 0 Å². The van der Waals surface area contributed by atoms with Crippen LogP contribution in [0, 0.1) is 0 Å². The van der Waals surface area contributed by atoms with Crippen LogP contribution in [0.4, 0.5) is 0 Å². The maximum atomic E-state index is 6.09. The van der Waals surface area contributed by atoms with Crippen molar-refractivity contribution in [1.82, 2.24) is 0 Å². The first kappa shape index (κ1) is 12.4. The second kappa shape index (κ2) is 5.57. The fourth-order valence-electron chi connectivity index (χ4n) is 2.27. The van der Waals surface area contributed by atoms with E-state index in [1.807, 2.05) is 48.6 Å². The number of aliphatic imine (C=N–C) groups is 1. The molecule has 0 fully saturated rings. The minimum absolute atomic E-state index is 0.644. The Kier molecular flexibility index (Phi) is 3.46. The van der Waals surface area contributed by atoms with Crippen molar-refractivity contribution in [3.8, 4) is 0 Å². The third kappa shape index (κ3) is 2.69. The zero-order valence-corrected chi connectivity index (χ0v) is 11.2. The zero-order chi connectivity index (χ0) is 13.8. The SMILES string of the molecule is NC1=CC(c2ccccc2)=NCC(c2ccccc2)=C1. The lowest BCUT2D eigenvalue weighted by molar-refractivity contribution is 1.26. The molecule has 0 spiro atoms. The van der Waals surface area contributed by atoms with Crippen molar-refractivity contribution in [2.45, 2.75) is 0 Å². The van der Waals surface area contributed by atoms with Crippen molar-refractivity contribution in [3.63, 3.8) is 0 Å². The molecule has 1 heterocycles. The van der Waals surface area contributed by atoms with E-state index < -0.39 is 0 Å². The van der Waals surface area contributed by atoms with Crippen molar-refractivity contribution in [2.75, 3.05) is 6.54 Å². The third-order valence-corrected chi connectivity index (χ3v) is 3.28. The fourth-order valence-corrected chi connectivity index (χ4v) is 2.27. The summed E-state index contributed by atoms with van der Waals surface area (Å²) in [5.41, 5.74) is 11.2. The van der Waals surface area contributed by atoms with Gasteiger partial charge in [-0.1, -0.05) is 60.7 Å². The standard InChI is InChI=1S/C18H16N2/c19-17-11-16(14-7-3-1-4-8-14)13-20-18(12-17)15-9-5-2-6-10-15/h1-12H,13,19H2. The first-order chi connectivity index (χ1) is 9.83. The summed E-state index contributed by atoms with van der Waals surface area (Å²) in [6, 6.07) is 20.4. The molecule has 0 saturated carbocycles. The number of hydrogen-bond donors (Lipinski definition) is 1. The molecule has 20 heavy (non-hydrogen) atoms. The molecule has 0 amide bonds. The summed E-state index contributed by atoms with van der Waals surface area (Å²) in [5, 5.41) is 0. The van der Waals surface area contributed by atoms with Crippen molar-refractivity contribution in [3.05, 3.63) is 89.6 Å². The third-order valence-electron chi connectivity index (χ3n) is 3.28.